The van der Waals surface area contributed by atoms with Crippen molar-refractivity contribution in [2.45, 2.75) is 77.1 Å². The first-order valence-electron chi connectivity index (χ1n) is 12.5. The van der Waals surface area contributed by atoms with E-state index in [9.17, 15) is 23.6 Å². The largest absolute Gasteiger partial charge is 0.493 e. The van der Waals surface area contributed by atoms with Crippen LogP contribution in [-0.4, -0.2) is 64.7 Å². The van der Waals surface area contributed by atoms with Gasteiger partial charge in [0, 0.05) is 25.4 Å². The highest BCUT2D eigenvalue weighted by molar-refractivity contribution is 7.91. The molecule has 37 heavy (non-hydrogen) atoms. The third-order valence-electron chi connectivity index (χ3n) is 6.69. The van der Waals surface area contributed by atoms with Crippen molar-refractivity contribution < 1.29 is 23.1 Å². The Bertz CT molecular complexity index is 1300. The predicted octanol–water partition coefficient (Wildman–Crippen LogP) is 2.75. The van der Waals surface area contributed by atoms with E-state index >= 15 is 0 Å². The first-order valence-corrected chi connectivity index (χ1v) is 14.4. The molecule has 11 heteroatoms. The average Bonchev–Trinajstić information content (AvgIpc) is 3.19. The topological polar surface area (TPSA) is 147 Å². The van der Waals surface area contributed by atoms with E-state index in [2.05, 4.69) is 42.1 Å². The molecule has 1 fully saturated rings. The number of nitriles is 1. The lowest BCUT2D eigenvalue weighted by Crippen LogP contribution is -2.47. The Morgan fingerprint density at radius 3 is 2.51 bits per heavy atom. The number of nitrogens with zero attached hydrogens (tertiary/aromatic N) is 4. The molecule has 2 heterocycles. The number of aliphatic hydroxyl groups is 1. The number of methoxy groups -OCH3 is 1. The summed E-state index contributed by atoms with van der Waals surface area (Å²) in [6, 6.07) is 3.97. The number of hydrogen-bond donors (Lipinski definition) is 2. The number of aromatic nitrogens is 3. The van der Waals surface area contributed by atoms with Crippen molar-refractivity contribution in [1.82, 2.24) is 19.9 Å². The van der Waals surface area contributed by atoms with Gasteiger partial charge in [-0.25, -0.2) is 18.4 Å². The molecule has 2 aromatic heterocycles. The standard InChI is InChI=1S/C26H37N5O5S/c1-7-21-30-22(24(32)29-16-26(33)10-8-18(9-11-26)37(6,34)35)19(14-27)31(21)23-20(36-5)12-17(15-28-23)13-25(2,3)4/h12,15,18,33H,7-11,13,16H2,1-6H3,(H,29,32). The van der Waals surface area contributed by atoms with Crippen molar-refractivity contribution in [1.29, 1.82) is 5.26 Å². The molecule has 0 radical (unpaired) electrons. The monoisotopic (exact) mass is 531 g/mol. The summed E-state index contributed by atoms with van der Waals surface area (Å²) in [4.78, 5) is 22.1. The van der Waals surface area contributed by atoms with E-state index in [1.54, 1.807) is 10.8 Å². The number of amides is 1. The molecule has 10 nitrogen and oxygen atoms in total. The summed E-state index contributed by atoms with van der Waals surface area (Å²) < 4.78 is 30.8. The van der Waals surface area contributed by atoms with Gasteiger partial charge in [0.2, 0.25) is 0 Å². The Morgan fingerprint density at radius 2 is 2.00 bits per heavy atom. The average molecular weight is 532 g/mol. The zero-order valence-electron chi connectivity index (χ0n) is 22.5. The fourth-order valence-electron chi connectivity index (χ4n) is 4.76. The van der Waals surface area contributed by atoms with Crippen LogP contribution >= 0.6 is 0 Å². The maximum absolute atomic E-state index is 13.1. The van der Waals surface area contributed by atoms with Gasteiger partial charge in [-0.05, 0) is 49.1 Å². The Morgan fingerprint density at radius 1 is 1.35 bits per heavy atom. The molecular formula is C26H37N5O5S. The normalized spacial score (nSPS) is 20.3. The maximum atomic E-state index is 13.1. The number of rotatable bonds is 8. The van der Waals surface area contributed by atoms with Crippen molar-refractivity contribution in [3.8, 4) is 17.6 Å². The molecule has 0 spiro atoms. The fraction of sp³-hybridized carbons (Fsp3) is 0.615. The fourth-order valence-corrected chi connectivity index (χ4v) is 5.85. The number of carbonyl (C=O) groups excluding carboxylic acids is 1. The van der Waals surface area contributed by atoms with E-state index in [0.717, 1.165) is 12.0 Å². The number of carbonyl (C=O) groups is 1. The summed E-state index contributed by atoms with van der Waals surface area (Å²) in [5, 5.41) is 23.1. The molecule has 1 aliphatic carbocycles. The summed E-state index contributed by atoms with van der Waals surface area (Å²) in [5.74, 6) is 0.725. The molecule has 2 N–H and O–H groups in total. The van der Waals surface area contributed by atoms with Gasteiger partial charge in [0.05, 0.1) is 18.0 Å². The van der Waals surface area contributed by atoms with Crippen LogP contribution in [0.25, 0.3) is 5.82 Å². The van der Waals surface area contributed by atoms with Crippen molar-refractivity contribution in [2.24, 2.45) is 5.41 Å². The van der Waals surface area contributed by atoms with Gasteiger partial charge >= 0.3 is 0 Å². The van der Waals surface area contributed by atoms with Gasteiger partial charge in [-0.1, -0.05) is 27.7 Å². The van der Waals surface area contributed by atoms with Gasteiger partial charge in [-0.15, -0.1) is 0 Å². The summed E-state index contributed by atoms with van der Waals surface area (Å²) >= 11 is 0. The Balaban J connectivity index is 1.87. The number of pyridine rings is 1. The predicted molar refractivity (Wildman–Crippen MR) is 140 cm³/mol. The molecule has 3 rings (SSSR count). The van der Waals surface area contributed by atoms with Gasteiger partial charge in [0.1, 0.15) is 21.7 Å². The minimum atomic E-state index is -3.17. The van der Waals surface area contributed by atoms with Crippen LogP contribution in [0.2, 0.25) is 0 Å². The molecule has 0 bridgehead atoms. The van der Waals surface area contributed by atoms with E-state index in [1.807, 2.05) is 13.0 Å². The first kappa shape index (κ1) is 28.6. The molecule has 1 aliphatic rings. The lowest BCUT2D eigenvalue weighted by molar-refractivity contribution is 0.00606. The zero-order valence-corrected chi connectivity index (χ0v) is 23.3. The van der Waals surface area contributed by atoms with Crippen LogP contribution in [0.15, 0.2) is 12.3 Å². The molecule has 1 saturated carbocycles. The van der Waals surface area contributed by atoms with Crippen LogP contribution in [-0.2, 0) is 22.7 Å². The lowest BCUT2D eigenvalue weighted by Gasteiger charge is -2.35. The SMILES string of the molecule is CCc1nc(C(=O)NCC2(O)CCC(S(C)(=O)=O)CC2)c(C#N)n1-c1ncc(CC(C)(C)C)cc1OC. The molecule has 0 aliphatic heterocycles. The molecule has 1 amide bonds. The molecule has 0 atom stereocenters. The number of sulfone groups is 1. The Kier molecular flexibility index (Phi) is 8.34. The molecule has 0 unspecified atom stereocenters. The summed E-state index contributed by atoms with van der Waals surface area (Å²) in [7, 11) is -1.64. The van der Waals surface area contributed by atoms with Crippen LogP contribution in [0.3, 0.4) is 0 Å². The molecular weight excluding hydrogens is 494 g/mol. The van der Waals surface area contributed by atoms with Gasteiger partial charge in [-0.2, -0.15) is 5.26 Å². The third-order valence-corrected chi connectivity index (χ3v) is 8.37. The van der Waals surface area contributed by atoms with Gasteiger partial charge in [-0.3, -0.25) is 9.36 Å². The smallest absolute Gasteiger partial charge is 0.273 e. The molecule has 0 aromatic carbocycles. The summed E-state index contributed by atoms with van der Waals surface area (Å²) in [6.07, 6.45) is 5.35. The number of aryl methyl sites for hydroxylation is 1. The number of nitrogens with one attached hydrogen (secondary N) is 1. The molecule has 2 aromatic rings. The van der Waals surface area contributed by atoms with Crippen molar-refractivity contribution in [3.63, 3.8) is 0 Å². The van der Waals surface area contributed by atoms with E-state index in [1.165, 1.54) is 13.4 Å². The first-order chi connectivity index (χ1) is 17.2. The van der Waals surface area contributed by atoms with Gasteiger partial charge in [0.25, 0.3) is 5.91 Å². The van der Waals surface area contributed by atoms with Crippen LogP contribution in [0, 0.1) is 16.7 Å². The Labute approximate surface area is 219 Å². The number of hydrogen-bond acceptors (Lipinski definition) is 8. The highest BCUT2D eigenvalue weighted by atomic mass is 32.2. The quantitative estimate of drug-likeness (QED) is 0.528. The van der Waals surface area contributed by atoms with Crippen LogP contribution in [0.1, 0.15) is 80.9 Å². The highest BCUT2D eigenvalue weighted by Gasteiger charge is 2.37. The van der Waals surface area contributed by atoms with E-state index in [4.69, 9.17) is 4.74 Å². The van der Waals surface area contributed by atoms with E-state index in [0.29, 0.717) is 36.7 Å². The van der Waals surface area contributed by atoms with E-state index in [-0.39, 0.29) is 36.2 Å². The van der Waals surface area contributed by atoms with Crippen molar-refractivity contribution in [3.05, 3.63) is 35.0 Å². The van der Waals surface area contributed by atoms with Crippen molar-refractivity contribution in [2.75, 3.05) is 19.9 Å². The number of ether oxygens (including phenoxy) is 1. The summed E-state index contributed by atoms with van der Waals surface area (Å²) in [5.41, 5.74) is -0.212. The Hall–Kier alpha value is -2.97. The van der Waals surface area contributed by atoms with Gasteiger partial charge in [0.15, 0.2) is 23.0 Å². The summed E-state index contributed by atoms with van der Waals surface area (Å²) in [6.45, 7) is 8.19. The third kappa shape index (κ3) is 6.67. The lowest BCUT2D eigenvalue weighted by atomic mass is 9.84. The zero-order chi connectivity index (χ0) is 27.6. The van der Waals surface area contributed by atoms with Crippen molar-refractivity contribution >= 4 is 15.7 Å². The second-order valence-corrected chi connectivity index (χ2v) is 13.4. The molecule has 0 saturated heterocycles. The second-order valence-electron chi connectivity index (χ2n) is 11.1. The van der Waals surface area contributed by atoms with E-state index < -0.39 is 26.6 Å². The van der Waals surface area contributed by atoms with Crippen LogP contribution in [0.4, 0.5) is 0 Å². The van der Waals surface area contributed by atoms with Crippen LogP contribution in [0.5, 0.6) is 5.75 Å². The van der Waals surface area contributed by atoms with Crippen LogP contribution < -0.4 is 10.1 Å². The minimum absolute atomic E-state index is 0.0245. The number of imidazole rings is 1. The maximum Gasteiger partial charge on any atom is 0.273 e. The highest BCUT2D eigenvalue weighted by Crippen LogP contribution is 2.32. The minimum Gasteiger partial charge on any atom is -0.493 e. The van der Waals surface area contributed by atoms with Gasteiger partial charge < -0.3 is 15.2 Å². The second kappa shape index (κ2) is 10.8. The molecule has 202 valence electrons.